The number of anilines is 6. The standard InChI is InChI=1S/C58H30N12S/c59-31-41(32-60)53(39-21-25-49(26-22-39)69(45-13-5-1-6-14-45)46-15-7-2-8-16-46)55(43(35-63)36-64)51-29-30-52(58-57(51)67-71-68-58)56(44(37-65)38-66)54(42(33-61)34-62)40-23-27-50(28-24-40)70(47-17-9-3-10-18-47)48-19-11-4-12-20-48/h1-30H. The molecule has 71 heavy (non-hydrogen) atoms. The molecule has 0 radical (unpaired) electrons. The Balaban J connectivity index is 1.30. The van der Waals surface area contributed by atoms with Gasteiger partial charge in [0, 0.05) is 67.5 Å². The highest BCUT2D eigenvalue weighted by Gasteiger charge is 2.29. The maximum atomic E-state index is 10.5. The van der Waals surface area contributed by atoms with Gasteiger partial charge >= 0.3 is 0 Å². The Bertz CT molecular complexity index is 3420. The predicted molar refractivity (Wildman–Crippen MR) is 272 cm³/mol. The first-order valence-corrected chi connectivity index (χ1v) is 22.1. The van der Waals surface area contributed by atoms with Crippen molar-refractivity contribution in [3.63, 3.8) is 0 Å². The monoisotopic (exact) mass is 926 g/mol. The lowest BCUT2D eigenvalue weighted by atomic mass is 9.82. The molecule has 0 amide bonds. The molecule has 0 saturated carbocycles. The van der Waals surface area contributed by atoms with Gasteiger partial charge in [-0.15, -0.1) is 0 Å². The minimum atomic E-state index is -0.452. The van der Waals surface area contributed by atoms with Crippen LogP contribution in [0.25, 0.3) is 33.3 Å². The smallest absolute Gasteiger partial charge is 0.138 e. The number of fused-ring (bicyclic) bond motifs is 1. The third kappa shape index (κ3) is 9.19. The summed E-state index contributed by atoms with van der Waals surface area (Å²) in [6.45, 7) is 0. The van der Waals surface area contributed by atoms with Crippen molar-refractivity contribution in [3.8, 4) is 48.6 Å². The van der Waals surface area contributed by atoms with Gasteiger partial charge in [0.15, 0.2) is 0 Å². The molecule has 0 fully saturated rings. The zero-order chi connectivity index (χ0) is 49.7. The van der Waals surface area contributed by atoms with E-state index in [1.165, 1.54) is 12.1 Å². The van der Waals surface area contributed by atoms with Crippen molar-refractivity contribution >= 4 is 79.2 Å². The largest absolute Gasteiger partial charge is 0.311 e. The summed E-state index contributed by atoms with van der Waals surface area (Å²) in [6.07, 6.45) is 0. The molecule has 1 aromatic heterocycles. The number of para-hydroxylation sites is 4. The van der Waals surface area contributed by atoms with E-state index >= 15 is 0 Å². The molecule has 1 heterocycles. The molecular weight excluding hydrogens is 897 g/mol. The van der Waals surface area contributed by atoms with Gasteiger partial charge in [-0.1, -0.05) is 109 Å². The fourth-order valence-electron chi connectivity index (χ4n) is 8.19. The van der Waals surface area contributed by atoms with Crippen molar-refractivity contribution in [2.24, 2.45) is 0 Å². The highest BCUT2D eigenvalue weighted by atomic mass is 32.1. The van der Waals surface area contributed by atoms with Crippen molar-refractivity contribution in [1.82, 2.24) is 8.75 Å². The van der Waals surface area contributed by atoms with E-state index < -0.39 is 22.3 Å². The van der Waals surface area contributed by atoms with E-state index in [1.54, 1.807) is 48.5 Å². The molecule has 0 aliphatic heterocycles. The Kier molecular flexibility index (Phi) is 14.0. The second kappa shape index (κ2) is 21.4. The Labute approximate surface area is 413 Å². The van der Waals surface area contributed by atoms with Crippen LogP contribution in [0.4, 0.5) is 34.1 Å². The van der Waals surface area contributed by atoms with Gasteiger partial charge in [0.25, 0.3) is 0 Å². The van der Waals surface area contributed by atoms with Gasteiger partial charge in [-0.25, -0.2) is 0 Å². The number of allylic oxidation sites excluding steroid dienone is 8. The second-order valence-corrected chi connectivity index (χ2v) is 15.7. The van der Waals surface area contributed by atoms with Gasteiger partial charge in [0.2, 0.25) is 0 Å². The normalized spacial score (nSPS) is 9.86. The van der Waals surface area contributed by atoms with Crippen molar-refractivity contribution in [2.75, 3.05) is 9.80 Å². The number of aromatic nitrogens is 2. The Morgan fingerprint density at radius 1 is 0.296 bits per heavy atom. The molecule has 0 spiro atoms. The zero-order valence-corrected chi connectivity index (χ0v) is 37.9. The van der Waals surface area contributed by atoms with Crippen LogP contribution in [0.2, 0.25) is 0 Å². The lowest BCUT2D eigenvalue weighted by Gasteiger charge is -2.26. The van der Waals surface area contributed by atoms with Crippen LogP contribution in [0.15, 0.2) is 204 Å². The maximum Gasteiger partial charge on any atom is 0.138 e. The van der Waals surface area contributed by atoms with E-state index in [9.17, 15) is 42.1 Å². The van der Waals surface area contributed by atoms with Gasteiger partial charge < -0.3 is 9.80 Å². The summed E-state index contributed by atoms with van der Waals surface area (Å²) >= 11 is 0.747. The van der Waals surface area contributed by atoms with E-state index in [-0.39, 0.29) is 44.5 Å². The number of rotatable bonds is 12. The summed E-state index contributed by atoms with van der Waals surface area (Å²) in [5.74, 6) is 0. The fourth-order valence-corrected chi connectivity index (χ4v) is 8.76. The van der Waals surface area contributed by atoms with Gasteiger partial charge in [-0.2, -0.15) is 50.8 Å². The van der Waals surface area contributed by atoms with Crippen LogP contribution in [-0.2, 0) is 0 Å². The van der Waals surface area contributed by atoms with Crippen LogP contribution >= 0.6 is 11.7 Å². The highest BCUT2D eigenvalue weighted by Crippen LogP contribution is 2.45. The van der Waals surface area contributed by atoms with Crippen molar-refractivity contribution in [1.29, 1.82) is 42.1 Å². The van der Waals surface area contributed by atoms with Crippen LogP contribution in [0, 0.1) is 90.6 Å². The Morgan fingerprint density at radius 3 is 0.789 bits per heavy atom. The third-order valence-electron chi connectivity index (χ3n) is 11.2. The van der Waals surface area contributed by atoms with E-state index in [4.69, 9.17) is 0 Å². The first kappa shape index (κ1) is 46.4. The summed E-state index contributed by atoms with van der Waals surface area (Å²) in [4.78, 5) is 4.04. The lowest BCUT2D eigenvalue weighted by molar-refractivity contribution is 1.28. The summed E-state index contributed by atoms with van der Waals surface area (Å²) in [7, 11) is 0. The quantitative estimate of drug-likeness (QED) is 0.0824. The van der Waals surface area contributed by atoms with E-state index in [0.717, 1.165) is 45.9 Å². The zero-order valence-electron chi connectivity index (χ0n) is 37.1. The van der Waals surface area contributed by atoms with Crippen molar-refractivity contribution in [2.45, 2.75) is 0 Å². The summed E-state index contributed by atoms with van der Waals surface area (Å²) < 4.78 is 9.17. The van der Waals surface area contributed by atoms with Gasteiger partial charge in [-0.3, -0.25) is 0 Å². The molecule has 0 aliphatic carbocycles. The molecule has 0 atom stereocenters. The molecule has 0 bridgehead atoms. The molecule has 328 valence electrons. The highest BCUT2D eigenvalue weighted by molar-refractivity contribution is 7.00. The van der Waals surface area contributed by atoms with Crippen LogP contribution < -0.4 is 9.80 Å². The molecule has 8 aromatic rings. The van der Waals surface area contributed by atoms with E-state index in [2.05, 4.69) is 8.75 Å². The summed E-state index contributed by atoms with van der Waals surface area (Å²) in [6, 6.07) is 71.2. The first-order chi connectivity index (χ1) is 34.9. The molecular formula is C58H30N12S. The molecule has 8 rings (SSSR count). The molecule has 0 unspecified atom stereocenters. The predicted octanol–water partition coefficient (Wildman–Crippen LogP) is 13.2. The van der Waals surface area contributed by atoms with Gasteiger partial charge in [0.05, 0.1) is 11.7 Å². The maximum absolute atomic E-state index is 10.5. The summed E-state index contributed by atoms with van der Waals surface area (Å²) in [5, 5.41) is 84.1. The number of nitriles is 8. The van der Waals surface area contributed by atoms with E-state index in [1.807, 2.05) is 180 Å². The minimum absolute atomic E-state index is 0.0323. The average molecular weight is 927 g/mol. The number of hydrogen-bond donors (Lipinski definition) is 0. The fraction of sp³-hybridized carbons (Fsp3) is 0. The molecule has 7 aromatic carbocycles. The third-order valence-corrected chi connectivity index (χ3v) is 11.8. The molecule has 0 aliphatic rings. The summed E-state index contributed by atoms with van der Waals surface area (Å²) in [5.41, 5.74) is 3.98. The topological polar surface area (TPSA) is 223 Å². The number of benzene rings is 7. The van der Waals surface area contributed by atoms with Gasteiger partial charge in [0.1, 0.15) is 81.9 Å². The Hall–Kier alpha value is -11.2. The van der Waals surface area contributed by atoms with E-state index in [0.29, 0.717) is 11.1 Å². The van der Waals surface area contributed by atoms with Crippen LogP contribution in [0.1, 0.15) is 22.3 Å². The SMILES string of the molecule is N#CC(C#N)=C(C(=C(C#N)C#N)c1ccc(C(=C(C#N)C#N)C(=C(C#N)C#N)c2ccc(N(c3ccccc3)c3ccccc3)cc2)c2nsnc12)c1ccc(N(c2ccccc2)c2ccccc2)cc1. The molecule has 0 N–H and O–H groups in total. The average Bonchev–Trinajstić information content (AvgIpc) is 3.94. The van der Waals surface area contributed by atoms with Gasteiger partial charge in [-0.05, 0) is 83.9 Å². The minimum Gasteiger partial charge on any atom is -0.311 e. The van der Waals surface area contributed by atoms with Crippen molar-refractivity contribution in [3.05, 3.63) is 227 Å². The van der Waals surface area contributed by atoms with Crippen molar-refractivity contribution < 1.29 is 0 Å². The second-order valence-electron chi connectivity index (χ2n) is 15.1. The lowest BCUT2D eigenvalue weighted by Crippen LogP contribution is -2.09. The van der Waals surface area contributed by atoms with Crippen LogP contribution in [0.5, 0.6) is 0 Å². The number of nitrogens with zero attached hydrogens (tertiary/aromatic N) is 12. The number of hydrogen-bond acceptors (Lipinski definition) is 13. The molecule has 13 heteroatoms. The van der Waals surface area contributed by atoms with Crippen LogP contribution in [0.3, 0.4) is 0 Å². The first-order valence-electron chi connectivity index (χ1n) is 21.4. The Morgan fingerprint density at radius 2 is 0.535 bits per heavy atom. The molecule has 0 saturated heterocycles. The van der Waals surface area contributed by atoms with Crippen LogP contribution in [-0.4, -0.2) is 8.75 Å². The molecule has 12 nitrogen and oxygen atoms in total.